The molecule has 0 aliphatic carbocycles. The third-order valence-electron chi connectivity index (χ3n) is 4.40. The zero-order chi connectivity index (χ0) is 23.6. The Balaban J connectivity index is 1.62. The van der Waals surface area contributed by atoms with E-state index >= 15 is 0 Å². The largest absolute Gasteiger partial charge is 0.481 e. The van der Waals surface area contributed by atoms with Gasteiger partial charge in [0.15, 0.2) is 6.61 Å². The fourth-order valence-corrected chi connectivity index (χ4v) is 3.40. The van der Waals surface area contributed by atoms with Crippen LogP contribution in [0.1, 0.15) is 12.5 Å². The average molecular weight is 506 g/mol. The zero-order valence-corrected chi connectivity index (χ0v) is 19.4. The van der Waals surface area contributed by atoms with Crippen LogP contribution in [0.15, 0.2) is 82.8 Å². The van der Waals surface area contributed by atoms with Gasteiger partial charge in [0.1, 0.15) is 23.1 Å². The number of nitriles is 1. The number of esters is 2. The first kappa shape index (κ1) is 23.8. The first-order valence-corrected chi connectivity index (χ1v) is 10.9. The molecular formula is C26H20BrNO5. The second-order valence-electron chi connectivity index (χ2n) is 6.74. The van der Waals surface area contributed by atoms with Crippen LogP contribution in [-0.2, 0) is 14.3 Å². The van der Waals surface area contributed by atoms with Gasteiger partial charge in [0, 0.05) is 0 Å². The highest BCUT2D eigenvalue weighted by atomic mass is 79.9. The normalized spacial score (nSPS) is 10.8. The lowest BCUT2D eigenvalue weighted by Crippen LogP contribution is -2.17. The van der Waals surface area contributed by atoms with Crippen molar-refractivity contribution in [1.29, 1.82) is 5.26 Å². The SMILES string of the molecule is CCOC(=O)/C(C#N)=C/c1cccc(OC(=O)COc2ccc(-c3ccccc3)cc2Br)c1. The van der Waals surface area contributed by atoms with Gasteiger partial charge < -0.3 is 14.2 Å². The van der Waals surface area contributed by atoms with Gasteiger partial charge in [-0.25, -0.2) is 9.59 Å². The summed E-state index contributed by atoms with van der Waals surface area (Å²) in [4.78, 5) is 24.0. The van der Waals surface area contributed by atoms with E-state index in [0.717, 1.165) is 11.1 Å². The second kappa shape index (κ2) is 11.7. The van der Waals surface area contributed by atoms with Gasteiger partial charge in [0.2, 0.25) is 0 Å². The Kier molecular flexibility index (Phi) is 8.39. The molecule has 0 bridgehead atoms. The van der Waals surface area contributed by atoms with Crippen LogP contribution in [0.4, 0.5) is 0 Å². The number of ether oxygens (including phenoxy) is 3. The molecule has 0 unspecified atom stereocenters. The topological polar surface area (TPSA) is 85.6 Å². The average Bonchev–Trinajstić information content (AvgIpc) is 2.82. The van der Waals surface area contributed by atoms with Gasteiger partial charge in [-0.15, -0.1) is 0 Å². The highest BCUT2D eigenvalue weighted by Crippen LogP contribution is 2.30. The van der Waals surface area contributed by atoms with E-state index in [1.807, 2.05) is 48.5 Å². The van der Waals surface area contributed by atoms with E-state index in [1.54, 1.807) is 37.3 Å². The highest BCUT2D eigenvalue weighted by molar-refractivity contribution is 9.10. The molecule has 0 aliphatic rings. The molecule has 0 fully saturated rings. The summed E-state index contributed by atoms with van der Waals surface area (Å²) in [5.74, 6) is -0.533. The van der Waals surface area contributed by atoms with Crippen LogP contribution in [0.25, 0.3) is 17.2 Å². The summed E-state index contributed by atoms with van der Waals surface area (Å²) in [5, 5.41) is 9.16. The lowest BCUT2D eigenvalue weighted by molar-refractivity contribution is -0.138. The van der Waals surface area contributed by atoms with Gasteiger partial charge in [-0.1, -0.05) is 48.5 Å². The van der Waals surface area contributed by atoms with E-state index < -0.39 is 11.9 Å². The lowest BCUT2D eigenvalue weighted by Gasteiger charge is -2.10. The summed E-state index contributed by atoms with van der Waals surface area (Å²) in [5.41, 5.74) is 2.46. The van der Waals surface area contributed by atoms with Crippen molar-refractivity contribution < 1.29 is 23.8 Å². The van der Waals surface area contributed by atoms with Crippen LogP contribution in [0.5, 0.6) is 11.5 Å². The van der Waals surface area contributed by atoms with Crippen molar-refractivity contribution in [3.63, 3.8) is 0 Å². The molecule has 0 atom stereocenters. The smallest absolute Gasteiger partial charge is 0.349 e. The minimum atomic E-state index is -0.709. The van der Waals surface area contributed by atoms with Gasteiger partial charge in [0.25, 0.3) is 0 Å². The fourth-order valence-electron chi connectivity index (χ4n) is 2.91. The van der Waals surface area contributed by atoms with Gasteiger partial charge in [-0.2, -0.15) is 5.26 Å². The Labute approximate surface area is 200 Å². The maximum absolute atomic E-state index is 12.3. The van der Waals surface area contributed by atoms with E-state index in [4.69, 9.17) is 19.5 Å². The molecule has 0 heterocycles. The molecule has 6 nitrogen and oxygen atoms in total. The number of nitrogens with zero attached hydrogens (tertiary/aromatic N) is 1. The molecule has 0 spiro atoms. The summed E-state index contributed by atoms with van der Waals surface area (Å²) in [7, 11) is 0. The summed E-state index contributed by atoms with van der Waals surface area (Å²) >= 11 is 3.48. The van der Waals surface area contributed by atoms with Crippen molar-refractivity contribution in [1.82, 2.24) is 0 Å². The van der Waals surface area contributed by atoms with Crippen molar-refractivity contribution in [2.24, 2.45) is 0 Å². The van der Waals surface area contributed by atoms with Crippen molar-refractivity contribution >= 4 is 33.9 Å². The quantitative estimate of drug-likeness (QED) is 0.172. The predicted octanol–water partition coefficient (Wildman–Crippen LogP) is 5.57. The van der Waals surface area contributed by atoms with Crippen LogP contribution < -0.4 is 9.47 Å². The second-order valence-corrected chi connectivity index (χ2v) is 7.59. The Morgan fingerprint density at radius 3 is 2.48 bits per heavy atom. The maximum Gasteiger partial charge on any atom is 0.349 e. The van der Waals surface area contributed by atoms with Gasteiger partial charge in [-0.05, 0) is 69.9 Å². The molecule has 7 heteroatoms. The lowest BCUT2D eigenvalue weighted by atomic mass is 10.1. The molecule has 3 aromatic carbocycles. The number of hydrogen-bond acceptors (Lipinski definition) is 6. The summed E-state index contributed by atoms with van der Waals surface area (Å²) in [6.45, 7) is 1.53. The molecule has 3 aromatic rings. The van der Waals surface area contributed by atoms with E-state index in [0.29, 0.717) is 15.8 Å². The number of hydrogen-bond donors (Lipinski definition) is 0. The highest BCUT2D eigenvalue weighted by Gasteiger charge is 2.12. The van der Waals surface area contributed by atoms with Crippen LogP contribution in [0.3, 0.4) is 0 Å². The van der Waals surface area contributed by atoms with E-state index in [2.05, 4.69) is 15.9 Å². The number of rotatable bonds is 8. The molecule has 33 heavy (non-hydrogen) atoms. The Bertz CT molecular complexity index is 1210. The monoisotopic (exact) mass is 505 g/mol. The van der Waals surface area contributed by atoms with Crippen molar-refractivity contribution in [3.05, 3.63) is 88.4 Å². The standard InChI is InChI=1S/C26H20BrNO5/c1-2-31-26(30)21(16-28)13-18-7-6-10-22(14-18)33-25(29)17-32-24-12-11-20(15-23(24)27)19-8-4-3-5-9-19/h3-15H,2,17H2,1H3/b21-13+. The minimum absolute atomic E-state index is 0.146. The van der Waals surface area contributed by atoms with Crippen molar-refractivity contribution in [3.8, 4) is 28.7 Å². The molecule has 0 aromatic heterocycles. The van der Waals surface area contributed by atoms with Crippen LogP contribution in [0, 0.1) is 11.3 Å². The van der Waals surface area contributed by atoms with E-state index in [-0.39, 0.29) is 24.5 Å². The Morgan fingerprint density at radius 2 is 1.79 bits per heavy atom. The first-order chi connectivity index (χ1) is 16.0. The van der Waals surface area contributed by atoms with Crippen molar-refractivity contribution in [2.45, 2.75) is 6.92 Å². The number of carbonyl (C=O) groups excluding carboxylic acids is 2. The first-order valence-electron chi connectivity index (χ1n) is 10.1. The number of benzene rings is 3. The van der Waals surface area contributed by atoms with Gasteiger partial charge in [-0.3, -0.25) is 0 Å². The Morgan fingerprint density at radius 1 is 1.00 bits per heavy atom. The molecule has 0 amide bonds. The molecule has 166 valence electrons. The molecule has 3 rings (SSSR count). The van der Waals surface area contributed by atoms with Gasteiger partial charge in [0.05, 0.1) is 11.1 Å². The summed E-state index contributed by atoms with van der Waals surface area (Å²) in [6, 6.07) is 23.8. The number of carbonyl (C=O) groups is 2. The van der Waals surface area contributed by atoms with Crippen LogP contribution >= 0.6 is 15.9 Å². The Hall–Kier alpha value is -3.89. The zero-order valence-electron chi connectivity index (χ0n) is 17.8. The van der Waals surface area contributed by atoms with Crippen LogP contribution in [0.2, 0.25) is 0 Å². The molecular weight excluding hydrogens is 486 g/mol. The van der Waals surface area contributed by atoms with Crippen molar-refractivity contribution in [2.75, 3.05) is 13.2 Å². The third-order valence-corrected chi connectivity index (χ3v) is 5.02. The van der Waals surface area contributed by atoms with E-state index in [9.17, 15) is 9.59 Å². The third kappa shape index (κ3) is 6.79. The molecule has 0 radical (unpaired) electrons. The molecule has 0 aliphatic heterocycles. The maximum atomic E-state index is 12.3. The van der Waals surface area contributed by atoms with Crippen LogP contribution in [-0.4, -0.2) is 25.2 Å². The minimum Gasteiger partial charge on any atom is -0.481 e. The molecule has 0 N–H and O–H groups in total. The summed E-state index contributed by atoms with van der Waals surface area (Å²) in [6.07, 6.45) is 1.37. The predicted molar refractivity (Wildman–Crippen MR) is 127 cm³/mol. The molecule has 0 saturated carbocycles. The number of halogens is 1. The van der Waals surface area contributed by atoms with E-state index in [1.165, 1.54) is 6.08 Å². The fraction of sp³-hybridized carbons (Fsp3) is 0.115. The molecule has 0 saturated heterocycles. The van der Waals surface area contributed by atoms with Gasteiger partial charge >= 0.3 is 11.9 Å². The summed E-state index contributed by atoms with van der Waals surface area (Å²) < 4.78 is 16.5.